The van der Waals surface area contributed by atoms with Gasteiger partial charge in [-0.2, -0.15) is 0 Å². The third kappa shape index (κ3) is 3.74. The lowest BCUT2D eigenvalue weighted by Gasteiger charge is -2.28. The van der Waals surface area contributed by atoms with Gasteiger partial charge in [0.15, 0.2) is 11.6 Å². The third-order valence-electron chi connectivity index (χ3n) is 6.05. The predicted molar refractivity (Wildman–Crippen MR) is 122 cm³/mol. The van der Waals surface area contributed by atoms with Crippen LogP contribution in [0, 0.1) is 5.82 Å². The summed E-state index contributed by atoms with van der Waals surface area (Å²) in [5, 5.41) is 1.60. The number of aromatic nitrogens is 2. The van der Waals surface area contributed by atoms with Crippen LogP contribution in [0.3, 0.4) is 0 Å². The van der Waals surface area contributed by atoms with Crippen molar-refractivity contribution in [1.29, 1.82) is 0 Å². The summed E-state index contributed by atoms with van der Waals surface area (Å²) in [6.45, 7) is 3.64. The minimum absolute atomic E-state index is 0.264. The maximum absolute atomic E-state index is 14.2. The van der Waals surface area contributed by atoms with Crippen molar-refractivity contribution >= 4 is 27.7 Å². The fourth-order valence-corrected chi connectivity index (χ4v) is 5.81. The molecule has 5 rings (SSSR count). The normalized spacial score (nSPS) is 19.9. The number of hydrogen-bond acceptors (Lipinski definition) is 4. The van der Waals surface area contributed by atoms with E-state index in [1.165, 1.54) is 50.4 Å². The fourth-order valence-electron chi connectivity index (χ4n) is 4.53. The minimum Gasteiger partial charge on any atom is -0.493 e. The standard InChI is InChI=1S/C24H26FN3OS/c1-29-23-18(6-5-7-21(23)25)20-14-27-24-19(20)12-16(13-26-24)22-9-8-17(30-22)15-28-10-3-2-4-11-28/h5-7,9,12-14,17H,2-4,8,10-11,15H2,1H3,(H,26,27). The van der Waals surface area contributed by atoms with Crippen LogP contribution < -0.4 is 4.74 Å². The van der Waals surface area contributed by atoms with E-state index >= 15 is 0 Å². The Morgan fingerprint density at radius 1 is 1.23 bits per heavy atom. The minimum atomic E-state index is -0.358. The van der Waals surface area contributed by atoms with Crippen LogP contribution in [0.25, 0.3) is 27.1 Å². The summed E-state index contributed by atoms with van der Waals surface area (Å²) in [5.74, 6) is -0.0945. The zero-order valence-corrected chi connectivity index (χ0v) is 18.0. The Morgan fingerprint density at radius 3 is 2.93 bits per heavy atom. The quantitative estimate of drug-likeness (QED) is 0.571. The number of halogens is 1. The molecular weight excluding hydrogens is 397 g/mol. The molecule has 4 nitrogen and oxygen atoms in total. The molecular formula is C24H26FN3OS. The molecule has 1 unspecified atom stereocenters. The first-order valence-electron chi connectivity index (χ1n) is 10.6. The zero-order valence-electron chi connectivity index (χ0n) is 17.2. The summed E-state index contributed by atoms with van der Waals surface area (Å²) >= 11 is 1.96. The molecule has 0 aliphatic carbocycles. The highest BCUT2D eigenvalue weighted by atomic mass is 32.2. The average molecular weight is 424 g/mol. The van der Waals surface area contributed by atoms with E-state index in [1.54, 1.807) is 6.07 Å². The van der Waals surface area contributed by atoms with E-state index in [0.29, 0.717) is 5.25 Å². The SMILES string of the molecule is COc1c(F)cccc1-c1c[nH]c2ncc(C3=CCC(CN4CCCCC4)S3)cc12. The van der Waals surface area contributed by atoms with Gasteiger partial charge in [-0.3, -0.25) is 0 Å². The summed E-state index contributed by atoms with van der Waals surface area (Å²) in [6.07, 6.45) is 11.3. The molecule has 156 valence electrons. The first-order valence-corrected chi connectivity index (χ1v) is 11.5. The number of allylic oxidation sites excluding steroid dienone is 1. The molecule has 6 heteroatoms. The van der Waals surface area contributed by atoms with Gasteiger partial charge in [0.2, 0.25) is 0 Å². The number of ether oxygens (including phenoxy) is 1. The maximum Gasteiger partial charge on any atom is 0.165 e. The summed E-state index contributed by atoms with van der Waals surface area (Å²) in [7, 11) is 1.50. The topological polar surface area (TPSA) is 41.1 Å². The maximum atomic E-state index is 14.2. The number of likely N-dealkylation sites (tertiary alicyclic amines) is 1. The summed E-state index contributed by atoms with van der Waals surface area (Å²) in [6, 6.07) is 7.18. The van der Waals surface area contributed by atoms with Crippen LogP contribution in [0.5, 0.6) is 5.75 Å². The van der Waals surface area contributed by atoms with E-state index in [4.69, 9.17) is 4.74 Å². The van der Waals surface area contributed by atoms with Crippen LogP contribution in [-0.4, -0.2) is 46.9 Å². The van der Waals surface area contributed by atoms with Gasteiger partial charge in [0.1, 0.15) is 5.65 Å². The second kappa shape index (κ2) is 8.44. The fraction of sp³-hybridized carbons (Fsp3) is 0.375. The number of nitrogens with zero attached hydrogens (tertiary/aromatic N) is 2. The molecule has 0 bridgehead atoms. The van der Waals surface area contributed by atoms with Crippen molar-refractivity contribution in [1.82, 2.24) is 14.9 Å². The second-order valence-corrected chi connectivity index (χ2v) is 9.39. The van der Waals surface area contributed by atoms with Crippen molar-refractivity contribution in [2.75, 3.05) is 26.7 Å². The van der Waals surface area contributed by atoms with Crippen molar-refractivity contribution < 1.29 is 9.13 Å². The van der Waals surface area contributed by atoms with Gasteiger partial charge in [-0.05, 0) is 44.5 Å². The van der Waals surface area contributed by atoms with Crippen LogP contribution >= 0.6 is 11.8 Å². The lowest BCUT2D eigenvalue weighted by Crippen LogP contribution is -2.34. The number of piperidine rings is 1. The molecule has 0 spiro atoms. The molecule has 2 aliphatic rings. The molecule has 3 aromatic rings. The van der Waals surface area contributed by atoms with Crippen molar-refractivity contribution in [3.05, 3.63) is 54.1 Å². The number of nitrogens with one attached hydrogen (secondary N) is 1. The predicted octanol–water partition coefficient (Wildman–Crippen LogP) is 5.71. The van der Waals surface area contributed by atoms with Gasteiger partial charge in [-0.25, -0.2) is 9.37 Å². The molecule has 1 saturated heterocycles. The largest absolute Gasteiger partial charge is 0.493 e. The Hall–Kier alpha value is -2.31. The Labute approximate surface area is 180 Å². The molecule has 2 aromatic heterocycles. The summed E-state index contributed by atoms with van der Waals surface area (Å²) in [5.41, 5.74) is 3.57. The van der Waals surface area contributed by atoms with Crippen LogP contribution in [0.15, 0.2) is 42.7 Å². The summed E-state index contributed by atoms with van der Waals surface area (Å²) < 4.78 is 19.6. The Morgan fingerprint density at radius 2 is 2.10 bits per heavy atom. The Balaban J connectivity index is 1.41. The van der Waals surface area contributed by atoms with Crippen LogP contribution in [0.4, 0.5) is 4.39 Å². The zero-order chi connectivity index (χ0) is 20.5. The van der Waals surface area contributed by atoms with E-state index in [1.807, 2.05) is 30.2 Å². The monoisotopic (exact) mass is 423 g/mol. The molecule has 30 heavy (non-hydrogen) atoms. The molecule has 1 fully saturated rings. The van der Waals surface area contributed by atoms with Gasteiger partial charge in [0, 0.05) is 51.2 Å². The smallest absolute Gasteiger partial charge is 0.165 e. The van der Waals surface area contributed by atoms with Gasteiger partial charge < -0.3 is 14.6 Å². The number of hydrogen-bond donors (Lipinski definition) is 1. The highest BCUT2D eigenvalue weighted by Gasteiger charge is 2.23. The van der Waals surface area contributed by atoms with Gasteiger partial charge in [-0.15, -0.1) is 11.8 Å². The number of pyridine rings is 1. The van der Waals surface area contributed by atoms with E-state index in [2.05, 4.69) is 27.0 Å². The van der Waals surface area contributed by atoms with Crippen LogP contribution in [-0.2, 0) is 0 Å². The molecule has 0 amide bonds. The second-order valence-electron chi connectivity index (χ2n) is 8.05. The number of aromatic amines is 1. The van der Waals surface area contributed by atoms with E-state index in [-0.39, 0.29) is 11.6 Å². The van der Waals surface area contributed by atoms with E-state index < -0.39 is 0 Å². The number of H-pyrrole nitrogens is 1. The Bertz CT molecular complexity index is 1090. The number of fused-ring (bicyclic) bond motifs is 1. The molecule has 4 heterocycles. The third-order valence-corrected chi connectivity index (χ3v) is 7.38. The average Bonchev–Trinajstić information content (AvgIpc) is 3.41. The van der Waals surface area contributed by atoms with Gasteiger partial charge in [-0.1, -0.05) is 24.6 Å². The lowest BCUT2D eigenvalue weighted by atomic mass is 10.0. The molecule has 1 aromatic carbocycles. The van der Waals surface area contributed by atoms with E-state index in [9.17, 15) is 4.39 Å². The molecule has 1 atom stereocenters. The number of benzene rings is 1. The number of para-hydroxylation sites is 1. The number of thioether (sulfide) groups is 1. The number of rotatable bonds is 5. The van der Waals surface area contributed by atoms with Gasteiger partial charge in [0.25, 0.3) is 0 Å². The number of methoxy groups -OCH3 is 1. The van der Waals surface area contributed by atoms with Crippen molar-refractivity contribution in [2.24, 2.45) is 0 Å². The van der Waals surface area contributed by atoms with E-state index in [0.717, 1.165) is 40.7 Å². The Kier molecular flexibility index (Phi) is 5.52. The van der Waals surface area contributed by atoms with Gasteiger partial charge >= 0.3 is 0 Å². The van der Waals surface area contributed by atoms with Crippen molar-refractivity contribution in [2.45, 2.75) is 30.9 Å². The molecule has 1 N–H and O–H groups in total. The summed E-state index contributed by atoms with van der Waals surface area (Å²) in [4.78, 5) is 11.8. The van der Waals surface area contributed by atoms with Crippen LogP contribution in [0.1, 0.15) is 31.2 Å². The highest BCUT2D eigenvalue weighted by molar-refractivity contribution is 8.09. The van der Waals surface area contributed by atoms with Crippen LogP contribution in [0.2, 0.25) is 0 Å². The molecule has 0 radical (unpaired) electrons. The van der Waals surface area contributed by atoms with Gasteiger partial charge in [0.05, 0.1) is 7.11 Å². The molecule has 0 saturated carbocycles. The van der Waals surface area contributed by atoms with Crippen molar-refractivity contribution in [3.8, 4) is 16.9 Å². The lowest BCUT2D eigenvalue weighted by molar-refractivity contribution is 0.230. The first kappa shape index (κ1) is 19.6. The highest BCUT2D eigenvalue weighted by Crippen LogP contribution is 2.42. The van der Waals surface area contributed by atoms with Crippen molar-refractivity contribution in [3.63, 3.8) is 0 Å². The molecule has 2 aliphatic heterocycles. The first-order chi connectivity index (χ1) is 14.7.